The Morgan fingerprint density at radius 2 is 1.34 bits per heavy atom. The van der Waals surface area contributed by atoms with Gasteiger partial charge in [-0.15, -0.1) is 0 Å². The van der Waals surface area contributed by atoms with Gasteiger partial charge in [0.15, 0.2) is 0 Å². The summed E-state index contributed by atoms with van der Waals surface area (Å²) in [5, 5.41) is 0. The number of aryl methyl sites for hydroxylation is 2. The molecular weight excluding hydrogens is 352 g/mol. The van der Waals surface area contributed by atoms with Crippen LogP contribution < -0.4 is 4.74 Å². The number of hydrogen-bond donors (Lipinski definition) is 0. The van der Waals surface area contributed by atoms with Crippen LogP contribution in [0.4, 0.5) is 0 Å². The molecule has 0 heterocycles. The maximum Gasteiger partial charge on any atom is 0.119 e. The number of hydrogen-bond acceptors (Lipinski definition) is 1. The van der Waals surface area contributed by atoms with Crippen molar-refractivity contribution in [1.29, 1.82) is 0 Å². The average Bonchev–Trinajstić information content (AvgIpc) is 2.77. The average molecular weight is 393 g/mol. The van der Waals surface area contributed by atoms with Crippen LogP contribution in [0, 0.1) is 5.92 Å². The monoisotopic (exact) mass is 392 g/mol. The molecule has 0 spiro atoms. The Morgan fingerprint density at radius 1 is 0.724 bits per heavy atom. The molecule has 3 rings (SSSR count). The molecule has 1 nitrogen and oxygen atoms in total. The highest BCUT2D eigenvalue weighted by atomic mass is 16.5. The van der Waals surface area contributed by atoms with E-state index in [0.717, 1.165) is 37.0 Å². The molecule has 1 fully saturated rings. The van der Waals surface area contributed by atoms with Crippen LogP contribution in [0.2, 0.25) is 0 Å². The smallest absolute Gasteiger partial charge is 0.119 e. The van der Waals surface area contributed by atoms with Crippen molar-refractivity contribution < 1.29 is 4.74 Å². The SMILES string of the molecule is CCCCCC[C@H]1CC[C@H](c2ccc(CCc3ccc(OCC)cc3)cc2)CC1. The number of ether oxygens (including phenoxy) is 1. The van der Waals surface area contributed by atoms with Crippen LogP contribution >= 0.6 is 0 Å². The van der Waals surface area contributed by atoms with E-state index in [2.05, 4.69) is 55.5 Å². The number of unbranched alkanes of at least 4 members (excludes halogenated alkanes) is 3. The van der Waals surface area contributed by atoms with Gasteiger partial charge in [-0.25, -0.2) is 0 Å². The topological polar surface area (TPSA) is 9.23 Å². The Hall–Kier alpha value is -1.76. The van der Waals surface area contributed by atoms with Crippen LogP contribution in [-0.4, -0.2) is 6.61 Å². The quantitative estimate of drug-likeness (QED) is 0.351. The third-order valence-electron chi connectivity index (χ3n) is 6.70. The summed E-state index contributed by atoms with van der Waals surface area (Å²) in [7, 11) is 0. The minimum absolute atomic E-state index is 0.728. The van der Waals surface area contributed by atoms with Crippen molar-refractivity contribution in [2.75, 3.05) is 6.61 Å². The molecule has 1 aliphatic rings. The summed E-state index contributed by atoms with van der Waals surface area (Å²) in [6.07, 6.45) is 15.0. The zero-order valence-corrected chi connectivity index (χ0v) is 18.7. The van der Waals surface area contributed by atoms with E-state index in [1.54, 1.807) is 5.56 Å². The second kappa shape index (κ2) is 12.1. The standard InChI is InChI=1S/C28H40O/c1-3-5-6-7-8-23-11-17-26(18-12-23)27-19-13-24(14-20-27)9-10-25-15-21-28(22-16-25)29-4-2/h13-16,19-23,26H,3-12,17-18H2,1-2H3/t23-,26-. The van der Waals surface area contributed by atoms with Gasteiger partial charge < -0.3 is 4.74 Å². The predicted molar refractivity (Wildman–Crippen MR) is 125 cm³/mol. The molecule has 29 heavy (non-hydrogen) atoms. The van der Waals surface area contributed by atoms with E-state index < -0.39 is 0 Å². The maximum absolute atomic E-state index is 5.53. The fourth-order valence-corrected chi connectivity index (χ4v) is 4.81. The number of rotatable bonds is 11. The van der Waals surface area contributed by atoms with Crippen molar-refractivity contribution >= 4 is 0 Å². The summed E-state index contributed by atoms with van der Waals surface area (Å²) in [5.74, 6) is 2.76. The summed E-state index contributed by atoms with van der Waals surface area (Å²) in [5.41, 5.74) is 4.40. The highest BCUT2D eigenvalue weighted by molar-refractivity contribution is 5.29. The molecule has 0 bridgehead atoms. The van der Waals surface area contributed by atoms with E-state index in [4.69, 9.17) is 4.74 Å². The molecular formula is C28H40O. The van der Waals surface area contributed by atoms with Crippen molar-refractivity contribution in [3.63, 3.8) is 0 Å². The minimum Gasteiger partial charge on any atom is -0.494 e. The summed E-state index contributed by atoms with van der Waals surface area (Å²) in [6, 6.07) is 18.1. The first kappa shape index (κ1) is 21.9. The highest BCUT2D eigenvalue weighted by Crippen LogP contribution is 2.37. The van der Waals surface area contributed by atoms with Crippen molar-refractivity contribution in [3.05, 3.63) is 65.2 Å². The molecule has 1 saturated carbocycles. The van der Waals surface area contributed by atoms with Gasteiger partial charge >= 0.3 is 0 Å². The Bertz CT molecular complexity index is 677. The second-order valence-corrected chi connectivity index (χ2v) is 8.89. The van der Waals surface area contributed by atoms with Crippen LogP contribution in [0.25, 0.3) is 0 Å². The summed E-state index contributed by atoms with van der Waals surface area (Å²) < 4.78 is 5.53. The maximum atomic E-state index is 5.53. The largest absolute Gasteiger partial charge is 0.494 e. The van der Waals surface area contributed by atoms with E-state index in [9.17, 15) is 0 Å². The Kier molecular flexibility index (Phi) is 9.12. The van der Waals surface area contributed by atoms with Gasteiger partial charge in [0.1, 0.15) is 5.75 Å². The fraction of sp³-hybridized carbons (Fsp3) is 0.571. The van der Waals surface area contributed by atoms with Crippen molar-refractivity contribution in [2.24, 2.45) is 5.92 Å². The zero-order valence-electron chi connectivity index (χ0n) is 18.7. The molecule has 1 aliphatic carbocycles. The zero-order chi connectivity index (χ0) is 20.3. The predicted octanol–water partition coefficient (Wildman–Crippen LogP) is 8.11. The van der Waals surface area contributed by atoms with E-state index >= 15 is 0 Å². The van der Waals surface area contributed by atoms with E-state index in [1.165, 1.54) is 68.9 Å². The van der Waals surface area contributed by atoms with Gasteiger partial charge in [-0.1, -0.05) is 75.4 Å². The van der Waals surface area contributed by atoms with Gasteiger partial charge in [-0.2, -0.15) is 0 Å². The molecule has 0 N–H and O–H groups in total. The van der Waals surface area contributed by atoms with E-state index in [-0.39, 0.29) is 0 Å². The first-order valence-electron chi connectivity index (χ1n) is 12.1. The molecule has 0 aliphatic heterocycles. The molecule has 0 aromatic heterocycles. The van der Waals surface area contributed by atoms with Gasteiger partial charge in [0.05, 0.1) is 6.61 Å². The van der Waals surface area contributed by atoms with Gasteiger partial charge in [0, 0.05) is 0 Å². The van der Waals surface area contributed by atoms with Gasteiger partial charge in [0.25, 0.3) is 0 Å². The van der Waals surface area contributed by atoms with Crippen LogP contribution in [0.5, 0.6) is 5.75 Å². The Labute approximate surface area is 178 Å². The second-order valence-electron chi connectivity index (χ2n) is 8.89. The van der Waals surface area contributed by atoms with Crippen LogP contribution in [0.15, 0.2) is 48.5 Å². The Morgan fingerprint density at radius 3 is 1.93 bits per heavy atom. The third-order valence-corrected chi connectivity index (χ3v) is 6.70. The van der Waals surface area contributed by atoms with E-state index in [0.29, 0.717) is 0 Å². The van der Waals surface area contributed by atoms with Crippen molar-refractivity contribution in [3.8, 4) is 5.75 Å². The van der Waals surface area contributed by atoms with Gasteiger partial charge in [-0.05, 0) is 86.1 Å². The molecule has 1 heteroatoms. The van der Waals surface area contributed by atoms with Crippen molar-refractivity contribution in [2.45, 2.75) is 90.4 Å². The summed E-state index contributed by atoms with van der Waals surface area (Å²) in [6.45, 7) is 5.06. The minimum atomic E-state index is 0.728. The Balaban J connectivity index is 1.41. The molecule has 0 unspecified atom stereocenters. The summed E-state index contributed by atoms with van der Waals surface area (Å²) >= 11 is 0. The first-order chi connectivity index (χ1) is 14.3. The lowest BCUT2D eigenvalue weighted by atomic mass is 9.77. The molecule has 0 amide bonds. The molecule has 2 aromatic carbocycles. The van der Waals surface area contributed by atoms with Crippen LogP contribution in [0.1, 0.15) is 94.2 Å². The van der Waals surface area contributed by atoms with E-state index in [1.807, 2.05) is 6.92 Å². The van der Waals surface area contributed by atoms with Crippen LogP contribution in [-0.2, 0) is 12.8 Å². The fourth-order valence-electron chi connectivity index (χ4n) is 4.81. The number of benzene rings is 2. The molecule has 158 valence electrons. The first-order valence-corrected chi connectivity index (χ1v) is 12.1. The molecule has 0 saturated heterocycles. The van der Waals surface area contributed by atoms with Gasteiger partial charge in [-0.3, -0.25) is 0 Å². The molecule has 2 aromatic rings. The highest BCUT2D eigenvalue weighted by Gasteiger charge is 2.21. The summed E-state index contributed by atoms with van der Waals surface area (Å²) in [4.78, 5) is 0. The normalized spacial score (nSPS) is 19.2. The third kappa shape index (κ3) is 7.21. The van der Waals surface area contributed by atoms with Gasteiger partial charge in [0.2, 0.25) is 0 Å². The lowest BCUT2D eigenvalue weighted by Gasteiger charge is -2.29. The van der Waals surface area contributed by atoms with Crippen LogP contribution in [0.3, 0.4) is 0 Å². The molecule has 0 atom stereocenters. The lowest BCUT2D eigenvalue weighted by Crippen LogP contribution is -2.13. The lowest BCUT2D eigenvalue weighted by molar-refractivity contribution is 0.302. The molecule has 0 radical (unpaired) electrons. The van der Waals surface area contributed by atoms with Crippen molar-refractivity contribution in [1.82, 2.24) is 0 Å².